The molecule has 0 amide bonds. The molecule has 2 nitrogen and oxygen atoms in total. The van der Waals surface area contributed by atoms with E-state index in [-0.39, 0.29) is 11.6 Å². The Hall–Kier alpha value is -3.20. The second kappa shape index (κ2) is 6.02. The molecule has 25 heavy (non-hydrogen) atoms. The number of hydrogen-bond donors (Lipinski definition) is 1. The van der Waals surface area contributed by atoms with E-state index in [1.165, 1.54) is 12.1 Å². The quantitative estimate of drug-likeness (QED) is 0.470. The topological polar surface area (TPSA) is 32.9 Å². The van der Waals surface area contributed by atoms with Gasteiger partial charge in [-0.05, 0) is 66.1 Å². The minimum Gasteiger partial charge on any atom is -0.354 e. The fourth-order valence-electron chi connectivity index (χ4n) is 3.10. The highest BCUT2D eigenvalue weighted by molar-refractivity contribution is 6.08. The summed E-state index contributed by atoms with van der Waals surface area (Å²) in [7, 11) is 0. The van der Waals surface area contributed by atoms with Crippen LogP contribution in [0.15, 0.2) is 72.8 Å². The first-order valence-electron chi connectivity index (χ1n) is 8.11. The molecule has 0 radical (unpaired) electrons. The molecule has 0 bridgehead atoms. The molecule has 0 atom stereocenters. The van der Waals surface area contributed by atoms with Crippen molar-refractivity contribution in [2.24, 2.45) is 0 Å². The first kappa shape index (κ1) is 15.3. The van der Waals surface area contributed by atoms with Crippen molar-refractivity contribution in [3.63, 3.8) is 0 Å². The largest absolute Gasteiger partial charge is 0.354 e. The molecular weight excluding hydrogens is 313 g/mol. The van der Waals surface area contributed by atoms with Crippen LogP contribution in [0, 0.1) is 5.82 Å². The maximum Gasteiger partial charge on any atom is 0.161 e. The summed E-state index contributed by atoms with van der Waals surface area (Å²) >= 11 is 0. The third-order valence-electron chi connectivity index (χ3n) is 4.37. The number of halogens is 1. The number of aromatic nitrogens is 1. The lowest BCUT2D eigenvalue weighted by Gasteiger charge is -2.06. The first-order valence-corrected chi connectivity index (χ1v) is 8.11. The van der Waals surface area contributed by atoms with Crippen molar-refractivity contribution in [2.75, 3.05) is 0 Å². The molecule has 4 aromatic rings. The maximum atomic E-state index is 13.2. The number of carbonyl (C=O) groups is 1. The lowest BCUT2D eigenvalue weighted by Crippen LogP contribution is -1.94. The zero-order chi connectivity index (χ0) is 17.4. The van der Waals surface area contributed by atoms with Crippen molar-refractivity contribution in [2.45, 2.75) is 6.92 Å². The Morgan fingerprint density at radius 1 is 0.840 bits per heavy atom. The lowest BCUT2D eigenvalue weighted by atomic mass is 9.99. The van der Waals surface area contributed by atoms with E-state index in [1.807, 2.05) is 42.5 Å². The van der Waals surface area contributed by atoms with Gasteiger partial charge in [0, 0.05) is 16.6 Å². The van der Waals surface area contributed by atoms with Crippen LogP contribution in [0.3, 0.4) is 0 Å². The molecule has 0 saturated heterocycles. The van der Waals surface area contributed by atoms with Gasteiger partial charge >= 0.3 is 0 Å². The van der Waals surface area contributed by atoms with Crippen molar-refractivity contribution < 1.29 is 9.18 Å². The molecule has 4 rings (SSSR count). The van der Waals surface area contributed by atoms with Gasteiger partial charge in [0.25, 0.3) is 0 Å². The van der Waals surface area contributed by atoms with Gasteiger partial charge in [-0.25, -0.2) is 4.39 Å². The van der Waals surface area contributed by atoms with Crippen LogP contribution in [0.4, 0.5) is 4.39 Å². The average molecular weight is 329 g/mol. The van der Waals surface area contributed by atoms with E-state index in [2.05, 4.69) is 11.1 Å². The molecule has 3 heteroatoms. The minimum absolute atomic E-state index is 0.00953. The molecule has 1 N–H and O–H groups in total. The Labute approximate surface area is 144 Å². The number of rotatable bonds is 3. The molecule has 0 fully saturated rings. The van der Waals surface area contributed by atoms with E-state index in [0.29, 0.717) is 5.56 Å². The van der Waals surface area contributed by atoms with Gasteiger partial charge in [0.1, 0.15) is 5.82 Å². The van der Waals surface area contributed by atoms with E-state index in [0.717, 1.165) is 33.3 Å². The van der Waals surface area contributed by atoms with Gasteiger partial charge in [-0.1, -0.05) is 30.3 Å². The Morgan fingerprint density at radius 3 is 2.24 bits per heavy atom. The van der Waals surface area contributed by atoms with Gasteiger partial charge in [0.05, 0.1) is 5.52 Å². The second-order valence-corrected chi connectivity index (χ2v) is 6.10. The van der Waals surface area contributed by atoms with Gasteiger partial charge < -0.3 is 4.98 Å². The molecule has 0 aliphatic rings. The van der Waals surface area contributed by atoms with Gasteiger partial charge in [-0.3, -0.25) is 4.79 Å². The summed E-state index contributed by atoms with van der Waals surface area (Å²) in [6.45, 7) is 1.57. The van der Waals surface area contributed by atoms with Crippen LogP contribution in [0.5, 0.6) is 0 Å². The number of fused-ring (bicyclic) bond motifs is 1. The molecule has 1 heterocycles. The van der Waals surface area contributed by atoms with Crippen LogP contribution in [0.1, 0.15) is 17.3 Å². The Morgan fingerprint density at radius 2 is 1.56 bits per heavy atom. The van der Waals surface area contributed by atoms with Crippen molar-refractivity contribution >= 4 is 16.7 Å². The van der Waals surface area contributed by atoms with Crippen LogP contribution in [-0.2, 0) is 0 Å². The molecule has 1 aromatic heterocycles. The number of hydrogen-bond acceptors (Lipinski definition) is 1. The fraction of sp³-hybridized carbons (Fsp3) is 0.0455. The predicted octanol–water partition coefficient (Wildman–Crippen LogP) is 5.84. The van der Waals surface area contributed by atoms with Crippen molar-refractivity contribution in [1.82, 2.24) is 4.98 Å². The van der Waals surface area contributed by atoms with Crippen LogP contribution in [0.25, 0.3) is 33.3 Å². The predicted molar refractivity (Wildman–Crippen MR) is 99.1 cm³/mol. The highest BCUT2D eigenvalue weighted by Crippen LogP contribution is 2.31. The van der Waals surface area contributed by atoms with Gasteiger partial charge in [-0.15, -0.1) is 0 Å². The fourth-order valence-corrected chi connectivity index (χ4v) is 3.10. The summed E-state index contributed by atoms with van der Waals surface area (Å²) in [6.07, 6.45) is 0. The zero-order valence-corrected chi connectivity index (χ0v) is 13.7. The zero-order valence-electron chi connectivity index (χ0n) is 13.7. The Bertz CT molecular complexity index is 1060. The van der Waals surface area contributed by atoms with Crippen LogP contribution < -0.4 is 0 Å². The van der Waals surface area contributed by atoms with E-state index in [9.17, 15) is 9.18 Å². The van der Waals surface area contributed by atoms with E-state index in [1.54, 1.807) is 19.1 Å². The van der Waals surface area contributed by atoms with Gasteiger partial charge in [-0.2, -0.15) is 0 Å². The highest BCUT2D eigenvalue weighted by Gasteiger charge is 2.13. The van der Waals surface area contributed by atoms with Crippen LogP contribution in [-0.4, -0.2) is 10.8 Å². The smallest absolute Gasteiger partial charge is 0.161 e. The number of carbonyl (C=O) groups excluding carboxylic acids is 1. The summed E-state index contributed by atoms with van der Waals surface area (Å²) in [5.41, 5.74) is 5.28. The van der Waals surface area contributed by atoms with Crippen molar-refractivity contribution in [3.05, 3.63) is 84.2 Å². The molecule has 3 aromatic carbocycles. The molecular formula is C22H16FNO. The monoisotopic (exact) mass is 329 g/mol. The summed E-state index contributed by atoms with van der Waals surface area (Å²) in [5, 5.41) is 0.964. The molecule has 0 aliphatic carbocycles. The Balaban J connectivity index is 1.92. The average Bonchev–Trinajstić information content (AvgIpc) is 3.06. The van der Waals surface area contributed by atoms with Crippen molar-refractivity contribution in [1.29, 1.82) is 0 Å². The maximum absolute atomic E-state index is 13.2. The summed E-state index contributed by atoms with van der Waals surface area (Å²) in [6, 6.07) is 22.3. The van der Waals surface area contributed by atoms with Crippen LogP contribution >= 0.6 is 0 Å². The van der Waals surface area contributed by atoms with Gasteiger partial charge in [0.15, 0.2) is 5.78 Å². The first-order chi connectivity index (χ1) is 12.1. The second-order valence-electron chi connectivity index (χ2n) is 6.10. The number of ketones is 1. The van der Waals surface area contributed by atoms with E-state index < -0.39 is 0 Å². The standard InChI is InChI=1S/C22H16FNO/c1-14(25)20-12-17(15-5-3-2-4-6-15)11-18-13-21(24-22(18)20)16-7-9-19(23)10-8-16/h2-13,24H,1H3. The number of benzene rings is 3. The third kappa shape index (κ3) is 2.85. The van der Waals surface area contributed by atoms with Crippen LogP contribution in [0.2, 0.25) is 0 Å². The molecule has 0 saturated carbocycles. The normalized spacial score (nSPS) is 11.0. The summed E-state index contributed by atoms with van der Waals surface area (Å²) < 4.78 is 13.2. The van der Waals surface area contributed by atoms with E-state index in [4.69, 9.17) is 0 Å². The summed E-state index contributed by atoms with van der Waals surface area (Å²) in [5.74, 6) is -0.258. The highest BCUT2D eigenvalue weighted by atomic mass is 19.1. The Kier molecular flexibility index (Phi) is 3.69. The summed E-state index contributed by atoms with van der Waals surface area (Å²) in [4.78, 5) is 15.5. The lowest BCUT2D eigenvalue weighted by molar-refractivity contribution is 0.101. The number of aromatic amines is 1. The molecule has 0 spiro atoms. The SMILES string of the molecule is CC(=O)c1cc(-c2ccccc2)cc2cc(-c3ccc(F)cc3)[nH]c12. The number of Topliss-reactive ketones (excluding diaryl/α,β-unsaturated/α-hetero) is 1. The molecule has 0 unspecified atom stereocenters. The number of nitrogens with one attached hydrogen (secondary N) is 1. The van der Waals surface area contributed by atoms with Gasteiger partial charge in [0.2, 0.25) is 0 Å². The molecule has 122 valence electrons. The number of H-pyrrole nitrogens is 1. The van der Waals surface area contributed by atoms with E-state index >= 15 is 0 Å². The minimum atomic E-state index is -0.268. The molecule has 0 aliphatic heterocycles. The third-order valence-corrected chi connectivity index (χ3v) is 4.37. The van der Waals surface area contributed by atoms with Crippen molar-refractivity contribution in [3.8, 4) is 22.4 Å².